The summed E-state index contributed by atoms with van der Waals surface area (Å²) < 4.78 is 24.7. The number of ether oxygens (including phenoxy) is 4. The van der Waals surface area contributed by atoms with Crippen LogP contribution in [-0.2, 0) is 24.5 Å². The number of hydrogen-bond acceptors (Lipinski definition) is 6. The second-order valence-electron chi connectivity index (χ2n) is 9.18. The molecule has 2 aliphatic heterocycles. The normalized spacial score (nSPS) is 27.8. The number of nitrogens with two attached hydrogens (primary N) is 1. The Labute approximate surface area is 199 Å². The van der Waals surface area contributed by atoms with Gasteiger partial charge >= 0.3 is 0 Å². The molecule has 5 rings (SSSR count). The van der Waals surface area contributed by atoms with E-state index in [0.717, 1.165) is 16.7 Å². The summed E-state index contributed by atoms with van der Waals surface area (Å²) in [6, 6.07) is 32.3. The Kier molecular flexibility index (Phi) is 5.76. The first-order valence-corrected chi connectivity index (χ1v) is 11.4. The van der Waals surface area contributed by atoms with Crippen LogP contribution in [0.2, 0.25) is 0 Å². The highest BCUT2D eigenvalue weighted by atomic mass is 16.8. The van der Waals surface area contributed by atoms with Gasteiger partial charge in [0.2, 0.25) is 0 Å². The summed E-state index contributed by atoms with van der Waals surface area (Å²) in [4.78, 5) is 0. The lowest BCUT2D eigenvalue weighted by molar-refractivity contribution is -0.217. The van der Waals surface area contributed by atoms with E-state index in [0.29, 0.717) is 0 Å². The number of nitriles is 1. The van der Waals surface area contributed by atoms with Gasteiger partial charge in [-0.05, 0) is 30.5 Å². The van der Waals surface area contributed by atoms with E-state index in [2.05, 4.69) is 6.07 Å². The van der Waals surface area contributed by atoms with Gasteiger partial charge in [0.15, 0.2) is 17.6 Å². The van der Waals surface area contributed by atoms with Crippen LogP contribution in [0.1, 0.15) is 30.5 Å². The molecule has 0 unspecified atom stereocenters. The summed E-state index contributed by atoms with van der Waals surface area (Å²) in [7, 11) is 0. The Morgan fingerprint density at radius 1 is 0.853 bits per heavy atom. The smallest absolute Gasteiger partial charge is 0.190 e. The monoisotopic (exact) mass is 456 g/mol. The molecule has 0 spiro atoms. The SMILES string of the molecule is CC1(C)O[C@H]2O[C@H](COC(c3ccccc3)(c3ccccc3)c3ccccc3)[C@](N)(C#N)[C@H]2O1. The first-order chi connectivity index (χ1) is 16.4. The topological polar surface area (TPSA) is 86.7 Å². The molecule has 0 bridgehead atoms. The van der Waals surface area contributed by atoms with Crippen LogP contribution >= 0.6 is 0 Å². The van der Waals surface area contributed by atoms with E-state index >= 15 is 0 Å². The van der Waals surface area contributed by atoms with Gasteiger partial charge in [-0.1, -0.05) is 91.0 Å². The molecule has 4 atom stereocenters. The van der Waals surface area contributed by atoms with E-state index in [-0.39, 0.29) is 6.61 Å². The van der Waals surface area contributed by atoms with Gasteiger partial charge in [0, 0.05) is 0 Å². The zero-order chi connectivity index (χ0) is 23.8. The lowest BCUT2D eigenvalue weighted by atomic mass is 9.80. The van der Waals surface area contributed by atoms with Gasteiger partial charge in [0.05, 0.1) is 12.7 Å². The van der Waals surface area contributed by atoms with Crippen molar-refractivity contribution in [3.63, 3.8) is 0 Å². The molecule has 3 aromatic carbocycles. The molecule has 2 N–H and O–H groups in total. The van der Waals surface area contributed by atoms with Gasteiger partial charge in [-0.25, -0.2) is 0 Å². The fourth-order valence-corrected chi connectivity index (χ4v) is 4.89. The summed E-state index contributed by atoms with van der Waals surface area (Å²) in [5.74, 6) is -0.871. The van der Waals surface area contributed by atoms with Crippen molar-refractivity contribution >= 4 is 0 Å². The molecule has 2 saturated heterocycles. The predicted octanol–water partition coefficient (Wildman–Crippen LogP) is 4.09. The van der Waals surface area contributed by atoms with Gasteiger partial charge in [-0.3, -0.25) is 0 Å². The Bertz CT molecular complexity index is 1070. The van der Waals surface area contributed by atoms with E-state index in [1.54, 1.807) is 13.8 Å². The summed E-state index contributed by atoms with van der Waals surface area (Å²) >= 11 is 0. The third-order valence-corrected chi connectivity index (χ3v) is 6.55. The molecule has 0 radical (unpaired) electrons. The summed E-state index contributed by atoms with van der Waals surface area (Å²) in [5, 5.41) is 10.0. The van der Waals surface area contributed by atoms with Crippen molar-refractivity contribution in [3.8, 4) is 6.07 Å². The van der Waals surface area contributed by atoms with Crippen LogP contribution in [0.3, 0.4) is 0 Å². The van der Waals surface area contributed by atoms with E-state index in [4.69, 9.17) is 24.7 Å². The second-order valence-corrected chi connectivity index (χ2v) is 9.18. The largest absolute Gasteiger partial charge is 0.358 e. The average molecular weight is 457 g/mol. The Morgan fingerprint density at radius 3 is 1.76 bits per heavy atom. The van der Waals surface area contributed by atoms with E-state index in [1.807, 2.05) is 91.0 Å². The fourth-order valence-electron chi connectivity index (χ4n) is 4.89. The highest BCUT2D eigenvalue weighted by Gasteiger charge is 2.63. The second kappa shape index (κ2) is 8.62. The molecular formula is C28H28N2O4. The molecule has 2 aliphatic rings. The minimum atomic E-state index is -1.42. The molecule has 2 heterocycles. The Hall–Kier alpha value is -3.05. The molecule has 0 amide bonds. The van der Waals surface area contributed by atoms with Crippen LogP contribution < -0.4 is 5.73 Å². The molecule has 0 aromatic heterocycles. The van der Waals surface area contributed by atoms with Crippen molar-refractivity contribution < 1.29 is 18.9 Å². The Morgan fingerprint density at radius 2 is 1.32 bits per heavy atom. The van der Waals surface area contributed by atoms with Crippen molar-refractivity contribution in [3.05, 3.63) is 108 Å². The summed E-state index contributed by atoms with van der Waals surface area (Å²) in [6.07, 6.45) is -2.19. The maximum absolute atomic E-state index is 10.0. The third-order valence-electron chi connectivity index (χ3n) is 6.55. The van der Waals surface area contributed by atoms with Crippen molar-refractivity contribution in [2.45, 2.75) is 49.3 Å². The van der Waals surface area contributed by atoms with Crippen LogP contribution in [0, 0.1) is 11.3 Å². The first-order valence-electron chi connectivity index (χ1n) is 11.4. The molecule has 34 heavy (non-hydrogen) atoms. The van der Waals surface area contributed by atoms with Crippen LogP contribution in [0.25, 0.3) is 0 Å². The third kappa shape index (κ3) is 3.72. The van der Waals surface area contributed by atoms with E-state index in [1.165, 1.54) is 0 Å². The van der Waals surface area contributed by atoms with E-state index in [9.17, 15) is 5.26 Å². The number of benzene rings is 3. The molecule has 6 heteroatoms. The summed E-state index contributed by atoms with van der Waals surface area (Å²) in [6.45, 7) is 3.62. The molecule has 174 valence electrons. The Balaban J connectivity index is 1.56. The minimum Gasteiger partial charge on any atom is -0.358 e. The zero-order valence-corrected chi connectivity index (χ0v) is 19.3. The predicted molar refractivity (Wildman–Crippen MR) is 126 cm³/mol. The number of nitrogens with zero attached hydrogens (tertiary/aromatic N) is 1. The standard InChI is InChI=1S/C28H28N2O4/c1-26(2)33-24-25(34-26)32-23(27(24,30)19-29)18-31-28(20-12-6-3-7-13-20,21-14-8-4-9-15-21)22-16-10-5-11-17-22/h3-17,23-25H,18,30H2,1-2H3/t23-,24+,25-,27-/m1/s1. The molecule has 6 nitrogen and oxygen atoms in total. The van der Waals surface area contributed by atoms with Gasteiger partial charge in [-0.2, -0.15) is 5.26 Å². The molecule has 2 fully saturated rings. The minimum absolute atomic E-state index is 0.0584. The molecular weight excluding hydrogens is 428 g/mol. The van der Waals surface area contributed by atoms with Crippen LogP contribution in [0.4, 0.5) is 0 Å². The van der Waals surface area contributed by atoms with Crippen molar-refractivity contribution in [1.29, 1.82) is 5.26 Å². The van der Waals surface area contributed by atoms with Gasteiger partial charge in [0.25, 0.3) is 0 Å². The number of hydrogen-bond donors (Lipinski definition) is 1. The summed E-state index contributed by atoms with van der Waals surface area (Å²) in [5.41, 5.74) is 7.09. The highest BCUT2D eigenvalue weighted by Crippen LogP contribution is 2.44. The number of rotatable bonds is 6. The lowest BCUT2D eigenvalue weighted by Gasteiger charge is -2.38. The van der Waals surface area contributed by atoms with Crippen LogP contribution in [-0.4, -0.2) is 36.4 Å². The van der Waals surface area contributed by atoms with Gasteiger partial charge in [0.1, 0.15) is 17.8 Å². The van der Waals surface area contributed by atoms with Crippen LogP contribution in [0.15, 0.2) is 91.0 Å². The zero-order valence-electron chi connectivity index (χ0n) is 19.3. The quantitative estimate of drug-likeness (QED) is 0.562. The maximum atomic E-state index is 10.0. The van der Waals surface area contributed by atoms with E-state index < -0.39 is 35.4 Å². The van der Waals surface area contributed by atoms with Crippen molar-refractivity contribution in [2.75, 3.05) is 6.61 Å². The molecule has 0 aliphatic carbocycles. The van der Waals surface area contributed by atoms with Crippen molar-refractivity contribution in [1.82, 2.24) is 0 Å². The average Bonchev–Trinajstić information content (AvgIpc) is 3.31. The number of fused-ring (bicyclic) bond motifs is 1. The molecule has 3 aromatic rings. The fraction of sp³-hybridized carbons (Fsp3) is 0.321. The lowest BCUT2D eigenvalue weighted by Crippen LogP contribution is -2.57. The van der Waals surface area contributed by atoms with Crippen molar-refractivity contribution in [2.24, 2.45) is 5.73 Å². The molecule has 0 saturated carbocycles. The van der Waals surface area contributed by atoms with Gasteiger partial charge < -0.3 is 24.7 Å². The maximum Gasteiger partial charge on any atom is 0.190 e. The first kappa shape index (κ1) is 22.7. The highest BCUT2D eigenvalue weighted by molar-refractivity contribution is 5.47. The van der Waals surface area contributed by atoms with Gasteiger partial charge in [-0.15, -0.1) is 0 Å². The van der Waals surface area contributed by atoms with Crippen LogP contribution in [0.5, 0.6) is 0 Å².